The minimum atomic E-state index is -0.445. The Hall–Kier alpha value is -6.81. The van der Waals surface area contributed by atoms with Gasteiger partial charge in [-0.25, -0.2) is 9.97 Å². The normalized spacial score (nSPS) is 13.1. The van der Waals surface area contributed by atoms with Crippen LogP contribution in [0.5, 0.6) is 0 Å². The molecule has 0 saturated carbocycles. The van der Waals surface area contributed by atoms with E-state index in [1.165, 1.54) is 48.7 Å². The highest BCUT2D eigenvalue weighted by Gasteiger charge is 2.50. The molecule has 262 valence electrons. The van der Waals surface area contributed by atoms with Gasteiger partial charge in [0.15, 0.2) is 5.82 Å². The van der Waals surface area contributed by atoms with Crippen LogP contribution in [0.4, 0.5) is 0 Å². The number of aromatic nitrogens is 2. The maximum absolute atomic E-state index is 5.35. The van der Waals surface area contributed by atoms with Gasteiger partial charge >= 0.3 is 0 Å². The lowest BCUT2D eigenvalue weighted by molar-refractivity contribution is 0.723. The molecule has 1 aliphatic carbocycles. The average Bonchev–Trinajstić information content (AvgIpc) is 3.57. The van der Waals surface area contributed by atoms with Gasteiger partial charge in [0.25, 0.3) is 0 Å². The van der Waals surface area contributed by atoms with Crippen LogP contribution in [0.2, 0.25) is 0 Å². The van der Waals surface area contributed by atoms with Gasteiger partial charge in [-0.1, -0.05) is 206 Å². The van der Waals surface area contributed by atoms with Crippen LogP contribution in [0.25, 0.3) is 67.3 Å². The maximum atomic E-state index is 5.35. The Morgan fingerprint density at radius 1 is 0.321 bits per heavy atom. The van der Waals surface area contributed by atoms with E-state index >= 15 is 0 Å². The molecule has 2 heterocycles. The molecule has 0 fully saturated rings. The first-order valence-electron chi connectivity index (χ1n) is 19.1. The van der Waals surface area contributed by atoms with E-state index in [-0.39, 0.29) is 0 Å². The Morgan fingerprint density at radius 2 is 0.768 bits per heavy atom. The first-order chi connectivity index (χ1) is 27.8. The van der Waals surface area contributed by atoms with Crippen molar-refractivity contribution in [2.24, 2.45) is 0 Å². The Balaban J connectivity index is 1.16. The topological polar surface area (TPSA) is 25.8 Å². The van der Waals surface area contributed by atoms with Crippen LogP contribution in [0, 0.1) is 0 Å². The molecular weight excluding hydrogens is 697 g/mol. The molecule has 8 aromatic carbocycles. The summed E-state index contributed by atoms with van der Waals surface area (Å²) in [6, 6.07) is 74.3. The summed E-state index contributed by atoms with van der Waals surface area (Å²) in [6.45, 7) is 0. The molecule has 56 heavy (non-hydrogen) atoms. The lowest BCUT2D eigenvalue weighted by Gasteiger charge is -2.40. The number of fused-ring (bicyclic) bond motifs is 9. The van der Waals surface area contributed by atoms with E-state index in [9.17, 15) is 0 Å². The summed E-state index contributed by atoms with van der Waals surface area (Å²) in [7, 11) is 0. The summed E-state index contributed by atoms with van der Waals surface area (Å²) in [5, 5.41) is 0. The lowest BCUT2D eigenvalue weighted by atomic mass is 9.67. The van der Waals surface area contributed by atoms with Crippen LogP contribution in [-0.2, 0) is 5.41 Å². The quantitative estimate of drug-likeness (QED) is 0.176. The average molecular weight is 731 g/mol. The van der Waals surface area contributed by atoms with Crippen molar-refractivity contribution < 1.29 is 0 Å². The predicted octanol–water partition coefficient (Wildman–Crippen LogP) is 13.6. The number of hydrogen-bond acceptors (Lipinski definition) is 3. The third-order valence-electron chi connectivity index (χ3n) is 11.4. The standard InChI is InChI=1S/C53H34N2S/c1-3-18-35(19-4-1)37-22-7-9-26-41(37)48-34-49(55-52(54-48)36-20-5-2-6-21-36)42-27-10-8-23-38(42)43-28-17-32-47-51(43)56-50-33-16-15-31-46(50)53(47)44-29-13-11-24-39(44)40-25-12-14-30-45(40)53/h1-34H. The first-order valence-corrected chi connectivity index (χ1v) is 19.9. The summed E-state index contributed by atoms with van der Waals surface area (Å²) in [5.41, 5.74) is 17.0. The highest BCUT2D eigenvalue weighted by atomic mass is 32.2. The molecule has 0 radical (unpaired) electrons. The van der Waals surface area contributed by atoms with E-state index in [2.05, 4.69) is 200 Å². The van der Waals surface area contributed by atoms with Gasteiger partial charge < -0.3 is 0 Å². The molecule has 1 aliphatic heterocycles. The number of benzene rings is 8. The Kier molecular flexibility index (Phi) is 7.68. The minimum Gasteiger partial charge on any atom is -0.228 e. The molecule has 0 bridgehead atoms. The smallest absolute Gasteiger partial charge is 0.160 e. The van der Waals surface area contributed by atoms with Crippen LogP contribution >= 0.6 is 11.8 Å². The second kappa shape index (κ2) is 13.2. The van der Waals surface area contributed by atoms with Crippen molar-refractivity contribution in [2.75, 3.05) is 0 Å². The van der Waals surface area contributed by atoms with Gasteiger partial charge in [0, 0.05) is 26.5 Å². The molecule has 2 nitrogen and oxygen atoms in total. The molecule has 9 aromatic rings. The fourth-order valence-corrected chi connectivity index (χ4v) is 10.4. The minimum absolute atomic E-state index is 0.445. The van der Waals surface area contributed by atoms with Gasteiger partial charge in [0.05, 0.1) is 16.8 Å². The van der Waals surface area contributed by atoms with Crippen LogP contribution in [0.15, 0.2) is 216 Å². The Labute approximate surface area is 331 Å². The molecule has 2 aliphatic rings. The van der Waals surface area contributed by atoms with Crippen molar-refractivity contribution in [3.05, 3.63) is 229 Å². The fourth-order valence-electron chi connectivity index (χ4n) is 9.05. The molecule has 0 unspecified atom stereocenters. The third kappa shape index (κ3) is 4.98. The zero-order valence-electron chi connectivity index (χ0n) is 30.4. The van der Waals surface area contributed by atoms with Gasteiger partial charge in [0.1, 0.15) is 0 Å². The summed E-state index contributed by atoms with van der Waals surface area (Å²) in [5.74, 6) is 0.701. The van der Waals surface area contributed by atoms with Gasteiger partial charge in [-0.15, -0.1) is 0 Å². The zero-order valence-corrected chi connectivity index (χ0v) is 31.2. The molecule has 11 rings (SSSR count). The summed E-state index contributed by atoms with van der Waals surface area (Å²) >= 11 is 1.88. The molecule has 3 heteroatoms. The van der Waals surface area contributed by atoms with E-state index in [1.807, 2.05) is 17.8 Å². The number of rotatable bonds is 5. The number of nitrogens with zero attached hydrogens (tertiary/aromatic N) is 2. The van der Waals surface area contributed by atoms with Gasteiger partial charge in [-0.3, -0.25) is 0 Å². The number of hydrogen-bond donors (Lipinski definition) is 0. The molecule has 1 spiro atoms. The van der Waals surface area contributed by atoms with Crippen molar-refractivity contribution in [2.45, 2.75) is 15.2 Å². The zero-order chi connectivity index (χ0) is 37.1. The van der Waals surface area contributed by atoms with Crippen molar-refractivity contribution in [1.82, 2.24) is 9.97 Å². The second-order valence-electron chi connectivity index (χ2n) is 14.4. The molecular formula is C53H34N2S. The summed E-state index contributed by atoms with van der Waals surface area (Å²) in [4.78, 5) is 13.2. The van der Waals surface area contributed by atoms with Crippen molar-refractivity contribution in [1.29, 1.82) is 0 Å². The summed E-state index contributed by atoms with van der Waals surface area (Å²) < 4.78 is 0. The maximum Gasteiger partial charge on any atom is 0.160 e. The monoisotopic (exact) mass is 730 g/mol. The van der Waals surface area contributed by atoms with Gasteiger partial charge in [-0.05, 0) is 67.8 Å². The van der Waals surface area contributed by atoms with E-state index in [4.69, 9.17) is 9.97 Å². The fraction of sp³-hybridized carbons (Fsp3) is 0.0189. The van der Waals surface area contributed by atoms with Gasteiger partial charge in [0.2, 0.25) is 0 Å². The SMILES string of the molecule is c1ccc(-c2nc(-c3ccccc3-c3ccccc3)cc(-c3ccccc3-c3cccc4c3Sc3ccccc3C43c4ccccc4-c4ccccc43)n2)cc1. The Morgan fingerprint density at radius 3 is 1.41 bits per heavy atom. The van der Waals surface area contributed by atoms with E-state index in [1.54, 1.807) is 0 Å². The van der Waals surface area contributed by atoms with Crippen LogP contribution < -0.4 is 0 Å². The highest BCUT2D eigenvalue weighted by Crippen LogP contribution is 2.63. The molecule has 0 amide bonds. The molecule has 0 saturated heterocycles. The molecule has 0 atom stereocenters. The van der Waals surface area contributed by atoms with Crippen molar-refractivity contribution in [3.8, 4) is 67.3 Å². The van der Waals surface area contributed by atoms with Crippen molar-refractivity contribution in [3.63, 3.8) is 0 Å². The van der Waals surface area contributed by atoms with E-state index in [0.717, 1.165) is 44.8 Å². The molecule has 1 aromatic heterocycles. The van der Waals surface area contributed by atoms with Crippen molar-refractivity contribution >= 4 is 11.8 Å². The largest absolute Gasteiger partial charge is 0.228 e. The van der Waals surface area contributed by atoms with Gasteiger partial charge in [-0.2, -0.15) is 0 Å². The first kappa shape index (κ1) is 32.6. The summed E-state index contributed by atoms with van der Waals surface area (Å²) in [6.07, 6.45) is 0. The Bertz CT molecular complexity index is 2910. The van der Waals surface area contributed by atoms with Crippen LogP contribution in [0.3, 0.4) is 0 Å². The van der Waals surface area contributed by atoms with E-state index in [0.29, 0.717) is 5.82 Å². The second-order valence-corrected chi connectivity index (χ2v) is 15.5. The lowest BCUT2D eigenvalue weighted by Crippen LogP contribution is -2.32. The predicted molar refractivity (Wildman–Crippen MR) is 231 cm³/mol. The molecule has 0 N–H and O–H groups in total. The third-order valence-corrected chi connectivity index (χ3v) is 12.6. The van der Waals surface area contributed by atoms with E-state index < -0.39 is 5.41 Å². The highest BCUT2D eigenvalue weighted by molar-refractivity contribution is 7.99. The van der Waals surface area contributed by atoms with Crippen LogP contribution in [-0.4, -0.2) is 9.97 Å². The van der Waals surface area contributed by atoms with Crippen LogP contribution in [0.1, 0.15) is 22.3 Å².